The van der Waals surface area contributed by atoms with E-state index >= 15 is 0 Å². The van der Waals surface area contributed by atoms with Crippen LogP contribution in [0.5, 0.6) is 0 Å². The number of nitriles is 1. The Balaban J connectivity index is 1.12. The van der Waals surface area contributed by atoms with E-state index < -0.39 is 11.7 Å². The lowest BCUT2D eigenvalue weighted by atomic mass is 10.0. The van der Waals surface area contributed by atoms with Gasteiger partial charge in [-0.1, -0.05) is 12.2 Å². The SMILES string of the molecule is N#Cc1ccc(NC2CCN(C(=S)CCCN3CCN(c4ccc(C(F)(F)F)cc4)CC3)CC2)cc1. The highest BCUT2D eigenvalue weighted by molar-refractivity contribution is 7.80. The maximum atomic E-state index is 12.8. The zero-order valence-corrected chi connectivity index (χ0v) is 21.1. The van der Waals surface area contributed by atoms with Gasteiger partial charge in [-0.15, -0.1) is 0 Å². The molecular formula is C27H32F3N5S. The summed E-state index contributed by atoms with van der Waals surface area (Å²) in [5.74, 6) is 0. The fraction of sp³-hybridized carbons (Fsp3) is 0.481. The molecule has 1 N–H and O–H groups in total. The van der Waals surface area contributed by atoms with E-state index in [1.165, 1.54) is 0 Å². The zero-order valence-electron chi connectivity index (χ0n) is 20.3. The monoisotopic (exact) mass is 515 g/mol. The largest absolute Gasteiger partial charge is 0.416 e. The first-order valence-corrected chi connectivity index (χ1v) is 12.9. The Morgan fingerprint density at radius 2 is 1.58 bits per heavy atom. The Bertz CT molecular complexity index is 1030. The minimum absolute atomic E-state index is 0.415. The first-order valence-electron chi connectivity index (χ1n) is 12.5. The van der Waals surface area contributed by atoms with Gasteiger partial charge < -0.3 is 15.1 Å². The Labute approximate surface area is 216 Å². The molecule has 0 spiro atoms. The third kappa shape index (κ3) is 7.11. The van der Waals surface area contributed by atoms with Crippen molar-refractivity contribution in [2.45, 2.75) is 37.9 Å². The third-order valence-corrected chi connectivity index (χ3v) is 7.49. The number of rotatable bonds is 7. The summed E-state index contributed by atoms with van der Waals surface area (Å²) in [6, 6.07) is 15.6. The standard InChI is InChI=1S/C27H32F3N5S/c28-27(29,30)22-5-9-25(10-6-22)34-18-16-33(17-19-34)13-1-2-26(36)35-14-11-24(12-15-35)32-23-7-3-21(20-31)4-8-23/h3-10,24,32H,1-2,11-19H2. The lowest BCUT2D eigenvalue weighted by Crippen LogP contribution is -2.47. The Morgan fingerprint density at radius 3 is 2.17 bits per heavy atom. The van der Waals surface area contributed by atoms with E-state index in [4.69, 9.17) is 17.5 Å². The van der Waals surface area contributed by atoms with Gasteiger partial charge in [0.25, 0.3) is 0 Å². The average molecular weight is 516 g/mol. The second-order valence-corrected chi connectivity index (χ2v) is 9.94. The Hall–Kier alpha value is -2.83. The van der Waals surface area contributed by atoms with Crippen LogP contribution in [0.15, 0.2) is 48.5 Å². The van der Waals surface area contributed by atoms with Crippen LogP contribution < -0.4 is 10.2 Å². The molecule has 2 saturated heterocycles. The lowest BCUT2D eigenvalue weighted by molar-refractivity contribution is -0.137. The van der Waals surface area contributed by atoms with Crippen LogP contribution in [0.25, 0.3) is 0 Å². The molecule has 5 nitrogen and oxygen atoms in total. The van der Waals surface area contributed by atoms with Crippen LogP contribution in [-0.2, 0) is 6.18 Å². The third-order valence-electron chi connectivity index (χ3n) is 7.03. The number of piperazine rings is 1. The Kier molecular flexibility index (Phi) is 8.70. The van der Waals surface area contributed by atoms with Crippen LogP contribution in [0.1, 0.15) is 36.8 Å². The highest BCUT2D eigenvalue weighted by Gasteiger charge is 2.30. The van der Waals surface area contributed by atoms with Crippen LogP contribution in [0.2, 0.25) is 0 Å². The summed E-state index contributed by atoms with van der Waals surface area (Å²) in [7, 11) is 0. The van der Waals surface area contributed by atoms with Gasteiger partial charge in [-0.3, -0.25) is 4.90 Å². The number of alkyl halides is 3. The second-order valence-electron chi connectivity index (χ2n) is 9.47. The predicted octanol–water partition coefficient (Wildman–Crippen LogP) is 5.38. The quantitative estimate of drug-likeness (QED) is 0.500. The smallest absolute Gasteiger partial charge is 0.382 e. The van der Waals surface area contributed by atoms with Crippen molar-refractivity contribution < 1.29 is 13.2 Å². The maximum absolute atomic E-state index is 12.8. The van der Waals surface area contributed by atoms with Crippen LogP contribution in [0, 0.1) is 11.3 Å². The molecule has 0 radical (unpaired) electrons. The number of hydrogen-bond donors (Lipinski definition) is 1. The van der Waals surface area contributed by atoms with Crippen LogP contribution in [0.3, 0.4) is 0 Å². The summed E-state index contributed by atoms with van der Waals surface area (Å²) in [6.45, 7) is 6.33. The number of nitrogens with one attached hydrogen (secondary N) is 1. The van der Waals surface area contributed by atoms with Crippen molar-refractivity contribution in [1.82, 2.24) is 9.80 Å². The number of anilines is 2. The molecule has 0 aromatic heterocycles. The van der Waals surface area contributed by atoms with Gasteiger partial charge in [-0.05, 0) is 80.8 Å². The molecule has 2 fully saturated rings. The Morgan fingerprint density at radius 1 is 0.944 bits per heavy atom. The van der Waals surface area contributed by atoms with Gasteiger partial charge in [0.2, 0.25) is 0 Å². The summed E-state index contributed by atoms with van der Waals surface area (Å²) in [6.07, 6.45) is -0.306. The summed E-state index contributed by atoms with van der Waals surface area (Å²) in [4.78, 5) is 7.93. The van der Waals surface area contributed by atoms with E-state index in [1.54, 1.807) is 12.1 Å². The van der Waals surface area contributed by atoms with E-state index in [9.17, 15) is 13.2 Å². The van der Waals surface area contributed by atoms with Gasteiger partial charge in [0.15, 0.2) is 0 Å². The van der Waals surface area contributed by atoms with Crippen molar-refractivity contribution in [3.63, 3.8) is 0 Å². The van der Waals surface area contributed by atoms with Crippen molar-refractivity contribution in [3.05, 3.63) is 59.7 Å². The first kappa shape index (κ1) is 26.2. The van der Waals surface area contributed by atoms with Gasteiger partial charge in [-0.25, -0.2) is 0 Å². The molecule has 2 aliphatic heterocycles. The minimum Gasteiger partial charge on any atom is -0.382 e. The fourth-order valence-electron chi connectivity index (χ4n) is 4.85. The van der Waals surface area contributed by atoms with Gasteiger partial charge in [0.05, 0.1) is 22.2 Å². The average Bonchev–Trinajstić information content (AvgIpc) is 2.89. The fourth-order valence-corrected chi connectivity index (χ4v) is 5.18. The van der Waals surface area contributed by atoms with Gasteiger partial charge in [0.1, 0.15) is 0 Å². The van der Waals surface area contributed by atoms with Crippen molar-refractivity contribution in [3.8, 4) is 6.07 Å². The summed E-state index contributed by atoms with van der Waals surface area (Å²) in [5.41, 5.74) is 1.96. The number of nitrogens with zero attached hydrogens (tertiary/aromatic N) is 4. The summed E-state index contributed by atoms with van der Waals surface area (Å²) < 4.78 is 38.3. The lowest BCUT2D eigenvalue weighted by Gasteiger charge is -2.37. The van der Waals surface area contributed by atoms with E-state index in [0.717, 1.165) is 100.0 Å². The topological polar surface area (TPSA) is 45.5 Å². The number of likely N-dealkylation sites (tertiary alicyclic amines) is 1. The molecule has 4 rings (SSSR count). The minimum atomic E-state index is -4.29. The molecule has 0 bridgehead atoms. The normalized spacial score (nSPS) is 17.6. The van der Waals surface area contributed by atoms with E-state index in [-0.39, 0.29) is 0 Å². The number of halogens is 3. The predicted molar refractivity (Wildman–Crippen MR) is 141 cm³/mol. The van der Waals surface area contributed by atoms with E-state index in [0.29, 0.717) is 11.6 Å². The van der Waals surface area contributed by atoms with E-state index in [2.05, 4.69) is 26.1 Å². The molecule has 2 aliphatic rings. The van der Waals surface area contributed by atoms with Crippen molar-refractivity contribution >= 4 is 28.6 Å². The molecule has 192 valence electrons. The second kappa shape index (κ2) is 11.9. The number of benzene rings is 2. The molecule has 2 heterocycles. The molecule has 9 heteroatoms. The first-order chi connectivity index (χ1) is 17.3. The van der Waals surface area contributed by atoms with Crippen molar-refractivity contribution in [1.29, 1.82) is 5.26 Å². The zero-order chi connectivity index (χ0) is 25.5. The van der Waals surface area contributed by atoms with Crippen LogP contribution in [-0.4, -0.2) is 66.6 Å². The molecule has 2 aromatic carbocycles. The number of piperidine rings is 1. The van der Waals surface area contributed by atoms with Gasteiger partial charge >= 0.3 is 6.18 Å². The van der Waals surface area contributed by atoms with Gasteiger partial charge in [-0.2, -0.15) is 18.4 Å². The van der Waals surface area contributed by atoms with Gasteiger partial charge in [0, 0.05) is 56.7 Å². The van der Waals surface area contributed by atoms with E-state index in [1.807, 2.05) is 24.3 Å². The molecule has 0 atom stereocenters. The highest BCUT2D eigenvalue weighted by Crippen LogP contribution is 2.30. The van der Waals surface area contributed by atoms with Crippen molar-refractivity contribution in [2.75, 3.05) is 56.0 Å². The molecule has 36 heavy (non-hydrogen) atoms. The molecule has 0 unspecified atom stereocenters. The van der Waals surface area contributed by atoms with Crippen molar-refractivity contribution in [2.24, 2.45) is 0 Å². The van der Waals surface area contributed by atoms with Crippen LogP contribution in [0.4, 0.5) is 24.5 Å². The maximum Gasteiger partial charge on any atom is 0.416 e. The van der Waals surface area contributed by atoms with Crippen LogP contribution >= 0.6 is 12.2 Å². The molecule has 0 saturated carbocycles. The summed E-state index contributed by atoms with van der Waals surface area (Å²) >= 11 is 5.72. The molecular weight excluding hydrogens is 483 g/mol. The highest BCUT2D eigenvalue weighted by atomic mass is 32.1. The number of thiocarbonyl (C=S) groups is 1. The molecule has 0 aliphatic carbocycles. The molecule has 2 aromatic rings. The molecule has 0 amide bonds. The number of hydrogen-bond acceptors (Lipinski definition) is 5. The summed E-state index contributed by atoms with van der Waals surface area (Å²) in [5, 5.41) is 12.5.